The van der Waals surface area contributed by atoms with Gasteiger partial charge in [0.2, 0.25) is 0 Å². The maximum atomic E-state index is 11.9. The number of amides is 1. The predicted molar refractivity (Wildman–Crippen MR) is 76.5 cm³/mol. The molecule has 0 saturated heterocycles. The number of carbonyl (C=O) groups is 2. The molecule has 1 atom stereocenters. The monoisotopic (exact) mass is 314 g/mol. The van der Waals surface area contributed by atoms with Crippen molar-refractivity contribution in [1.82, 2.24) is 5.32 Å². The number of halogens is 1. The van der Waals surface area contributed by atoms with Crippen LogP contribution in [0.2, 0.25) is 5.02 Å². The Kier molecular flexibility index (Phi) is 6.10. The van der Waals surface area contributed by atoms with Crippen molar-refractivity contribution in [2.24, 2.45) is 5.92 Å². The first kappa shape index (κ1) is 16.9. The van der Waals surface area contributed by atoms with Gasteiger partial charge in [0.1, 0.15) is 5.02 Å². The molecule has 2 N–H and O–H groups in total. The highest BCUT2D eigenvalue weighted by Gasteiger charge is 2.19. The topological polar surface area (TPSA) is 110 Å². The number of nitrogens with one attached hydrogen (secondary N) is 1. The van der Waals surface area contributed by atoms with Gasteiger partial charge in [-0.1, -0.05) is 24.6 Å². The van der Waals surface area contributed by atoms with Crippen molar-refractivity contribution in [3.63, 3.8) is 0 Å². The number of hydrogen-bond donors (Lipinski definition) is 2. The summed E-state index contributed by atoms with van der Waals surface area (Å²) in [7, 11) is 0. The molecule has 0 aromatic heterocycles. The largest absolute Gasteiger partial charge is 0.481 e. The maximum Gasteiger partial charge on any atom is 0.306 e. The number of rotatable bonds is 7. The lowest BCUT2D eigenvalue weighted by molar-refractivity contribution is -0.384. The second-order valence-corrected chi connectivity index (χ2v) is 4.91. The predicted octanol–water partition coefficient (Wildman–Crippen LogP) is 2.48. The summed E-state index contributed by atoms with van der Waals surface area (Å²) in [6.07, 6.45) is 0.921. The van der Waals surface area contributed by atoms with Gasteiger partial charge in [0.05, 0.1) is 16.4 Å². The molecule has 0 saturated carbocycles. The third-order valence-electron chi connectivity index (χ3n) is 2.94. The number of carboxylic acid groups (broad SMARTS) is 1. The molecular formula is C13H15ClN2O5. The van der Waals surface area contributed by atoms with Gasteiger partial charge in [-0.3, -0.25) is 19.7 Å². The van der Waals surface area contributed by atoms with Gasteiger partial charge >= 0.3 is 5.97 Å². The summed E-state index contributed by atoms with van der Waals surface area (Å²) < 4.78 is 0. The number of carboxylic acids is 1. The Labute approximate surface area is 126 Å². The molecule has 0 aliphatic heterocycles. The minimum Gasteiger partial charge on any atom is -0.481 e. The van der Waals surface area contributed by atoms with Crippen molar-refractivity contribution >= 4 is 29.2 Å². The summed E-state index contributed by atoms with van der Waals surface area (Å²) in [5.41, 5.74) is -0.305. The number of nitro benzene ring substituents is 1. The molecule has 0 spiro atoms. The molecule has 0 radical (unpaired) electrons. The molecular weight excluding hydrogens is 300 g/mol. The fourth-order valence-corrected chi connectivity index (χ4v) is 1.95. The van der Waals surface area contributed by atoms with E-state index in [2.05, 4.69) is 5.32 Å². The molecule has 1 amide bonds. The van der Waals surface area contributed by atoms with Crippen LogP contribution in [0.15, 0.2) is 18.2 Å². The highest BCUT2D eigenvalue weighted by Crippen LogP contribution is 2.27. The molecule has 1 unspecified atom stereocenters. The van der Waals surface area contributed by atoms with Crippen LogP contribution >= 0.6 is 11.6 Å². The van der Waals surface area contributed by atoms with Gasteiger partial charge in [-0.25, -0.2) is 0 Å². The Morgan fingerprint density at radius 2 is 2.14 bits per heavy atom. The first-order chi connectivity index (χ1) is 9.84. The molecule has 1 rings (SSSR count). The van der Waals surface area contributed by atoms with Crippen LogP contribution in [0, 0.1) is 16.0 Å². The second-order valence-electron chi connectivity index (χ2n) is 4.53. The van der Waals surface area contributed by atoms with Crippen molar-refractivity contribution in [3.8, 4) is 0 Å². The summed E-state index contributed by atoms with van der Waals surface area (Å²) in [4.78, 5) is 32.6. The molecule has 1 aromatic carbocycles. The van der Waals surface area contributed by atoms with E-state index in [-0.39, 0.29) is 22.8 Å². The van der Waals surface area contributed by atoms with Crippen LogP contribution in [0.5, 0.6) is 0 Å². The second kappa shape index (κ2) is 7.58. The number of carbonyl (C=O) groups excluding carboxylic acids is 1. The van der Waals surface area contributed by atoms with Crippen molar-refractivity contribution < 1.29 is 19.6 Å². The summed E-state index contributed by atoms with van der Waals surface area (Å²) >= 11 is 5.82. The average molecular weight is 315 g/mol. The molecule has 8 heteroatoms. The van der Waals surface area contributed by atoms with Crippen molar-refractivity contribution in [3.05, 3.63) is 38.9 Å². The number of aliphatic carboxylic acids is 1. The highest BCUT2D eigenvalue weighted by molar-refractivity contribution is 6.35. The fraction of sp³-hybridized carbons (Fsp3) is 0.385. The minimum atomic E-state index is -0.886. The van der Waals surface area contributed by atoms with E-state index in [9.17, 15) is 19.7 Å². The van der Waals surface area contributed by atoms with Crippen LogP contribution in [0.1, 0.15) is 30.1 Å². The molecule has 7 nitrogen and oxygen atoms in total. The van der Waals surface area contributed by atoms with E-state index in [0.29, 0.717) is 12.8 Å². The van der Waals surface area contributed by atoms with E-state index in [0.717, 1.165) is 0 Å². The molecule has 21 heavy (non-hydrogen) atoms. The average Bonchev–Trinajstić information content (AvgIpc) is 2.42. The van der Waals surface area contributed by atoms with Crippen LogP contribution in [-0.4, -0.2) is 28.5 Å². The Morgan fingerprint density at radius 1 is 1.48 bits per heavy atom. The van der Waals surface area contributed by atoms with E-state index in [4.69, 9.17) is 16.7 Å². The Morgan fingerprint density at radius 3 is 2.71 bits per heavy atom. The van der Waals surface area contributed by atoms with Crippen LogP contribution in [0.4, 0.5) is 5.69 Å². The van der Waals surface area contributed by atoms with Gasteiger partial charge in [0, 0.05) is 12.6 Å². The van der Waals surface area contributed by atoms with E-state index in [1.165, 1.54) is 18.2 Å². The van der Waals surface area contributed by atoms with Crippen molar-refractivity contribution in [2.45, 2.75) is 19.8 Å². The molecule has 1 aromatic rings. The Hall–Kier alpha value is -2.15. The van der Waals surface area contributed by atoms with Gasteiger partial charge in [0.15, 0.2) is 0 Å². The lowest BCUT2D eigenvalue weighted by atomic mass is 10.1. The van der Waals surface area contributed by atoms with Gasteiger partial charge in [-0.05, 0) is 18.9 Å². The van der Waals surface area contributed by atoms with Gasteiger partial charge in [-0.15, -0.1) is 0 Å². The van der Waals surface area contributed by atoms with E-state index < -0.39 is 22.7 Å². The number of hydrogen-bond acceptors (Lipinski definition) is 4. The SMILES string of the molecule is CC(CCCNC(=O)c1cccc([N+](=O)[O-])c1Cl)C(=O)O. The lowest BCUT2D eigenvalue weighted by Crippen LogP contribution is -2.25. The van der Waals surface area contributed by atoms with E-state index >= 15 is 0 Å². The summed E-state index contributed by atoms with van der Waals surface area (Å²) in [5, 5.41) is 21.8. The molecule has 114 valence electrons. The zero-order chi connectivity index (χ0) is 16.0. The van der Waals surface area contributed by atoms with Crippen LogP contribution in [-0.2, 0) is 4.79 Å². The summed E-state index contributed by atoms with van der Waals surface area (Å²) in [6, 6.07) is 3.99. The highest BCUT2D eigenvalue weighted by atomic mass is 35.5. The maximum absolute atomic E-state index is 11.9. The summed E-state index contributed by atoms with van der Waals surface area (Å²) in [6.45, 7) is 1.86. The number of nitro groups is 1. The van der Waals surface area contributed by atoms with Crippen LogP contribution in [0.25, 0.3) is 0 Å². The molecule has 0 aliphatic rings. The van der Waals surface area contributed by atoms with Crippen LogP contribution < -0.4 is 5.32 Å². The first-order valence-electron chi connectivity index (χ1n) is 6.28. The Bertz CT molecular complexity index is 561. The number of benzene rings is 1. The standard InChI is InChI=1S/C13H15ClN2O5/c1-8(13(18)19)4-3-7-15-12(17)9-5-2-6-10(11(9)14)16(20)21/h2,5-6,8H,3-4,7H2,1H3,(H,15,17)(H,18,19). The van der Waals surface area contributed by atoms with Crippen LogP contribution in [0.3, 0.4) is 0 Å². The smallest absolute Gasteiger partial charge is 0.306 e. The van der Waals surface area contributed by atoms with Gasteiger partial charge in [0.25, 0.3) is 11.6 Å². The molecule has 0 bridgehead atoms. The van der Waals surface area contributed by atoms with Crippen molar-refractivity contribution in [1.29, 1.82) is 0 Å². The lowest BCUT2D eigenvalue weighted by Gasteiger charge is -2.08. The third-order valence-corrected chi connectivity index (χ3v) is 3.34. The van der Waals surface area contributed by atoms with E-state index in [1.54, 1.807) is 6.92 Å². The normalized spacial score (nSPS) is 11.7. The zero-order valence-electron chi connectivity index (χ0n) is 11.3. The number of nitrogens with zero attached hydrogens (tertiary/aromatic N) is 1. The fourth-order valence-electron chi connectivity index (χ4n) is 1.67. The van der Waals surface area contributed by atoms with Gasteiger partial charge < -0.3 is 10.4 Å². The quantitative estimate of drug-likeness (QED) is 0.456. The molecule has 0 heterocycles. The Balaban J connectivity index is 2.59. The molecule has 0 aliphatic carbocycles. The zero-order valence-corrected chi connectivity index (χ0v) is 12.1. The van der Waals surface area contributed by atoms with E-state index in [1.807, 2.05) is 0 Å². The summed E-state index contributed by atoms with van der Waals surface area (Å²) in [5.74, 6) is -1.89. The minimum absolute atomic E-state index is 0.0251. The van der Waals surface area contributed by atoms with Gasteiger partial charge in [-0.2, -0.15) is 0 Å². The van der Waals surface area contributed by atoms with Crippen molar-refractivity contribution in [2.75, 3.05) is 6.54 Å². The molecule has 0 fully saturated rings. The third kappa shape index (κ3) is 4.71. The first-order valence-corrected chi connectivity index (χ1v) is 6.66.